The van der Waals surface area contributed by atoms with Crippen molar-refractivity contribution in [3.8, 4) is 0 Å². The zero-order valence-electron chi connectivity index (χ0n) is 8.07. The van der Waals surface area contributed by atoms with Gasteiger partial charge in [-0.25, -0.2) is 0 Å². The van der Waals surface area contributed by atoms with Gasteiger partial charge >= 0.3 is 0 Å². The maximum Gasteiger partial charge on any atom is 0.185 e. The minimum absolute atomic E-state index is 0.106. The molecule has 2 N–H and O–H groups in total. The summed E-state index contributed by atoms with van der Waals surface area (Å²) >= 11 is 0. The second kappa shape index (κ2) is 5.21. The van der Waals surface area contributed by atoms with Crippen LogP contribution in [0.4, 0.5) is 0 Å². The summed E-state index contributed by atoms with van der Waals surface area (Å²) in [6, 6.07) is 0. The van der Waals surface area contributed by atoms with Gasteiger partial charge < -0.3 is 15.2 Å². The molecular formula is C9H18N2O2. The quantitative estimate of drug-likeness (QED) is 0.611. The summed E-state index contributed by atoms with van der Waals surface area (Å²) in [5.41, 5.74) is 0. The van der Waals surface area contributed by atoms with Gasteiger partial charge in [-0.1, -0.05) is 6.58 Å². The number of rotatable bonds is 4. The lowest BCUT2D eigenvalue weighted by molar-refractivity contribution is -0.0697. The average Bonchev–Trinajstić information content (AvgIpc) is 2.16. The molecule has 0 radical (unpaired) electrons. The third-order valence-corrected chi connectivity index (χ3v) is 2.31. The first-order valence-electron chi connectivity index (χ1n) is 4.59. The van der Waals surface area contributed by atoms with E-state index in [-0.39, 0.29) is 12.5 Å². The van der Waals surface area contributed by atoms with Gasteiger partial charge in [0.1, 0.15) is 0 Å². The van der Waals surface area contributed by atoms with Crippen molar-refractivity contribution in [2.24, 2.45) is 0 Å². The number of nitrogens with zero attached hydrogens (tertiary/aromatic N) is 1. The van der Waals surface area contributed by atoms with E-state index in [1.165, 1.54) is 0 Å². The van der Waals surface area contributed by atoms with E-state index >= 15 is 0 Å². The Morgan fingerprint density at radius 2 is 2.23 bits per heavy atom. The molecule has 0 bridgehead atoms. The van der Waals surface area contributed by atoms with E-state index in [0.717, 1.165) is 25.9 Å². The van der Waals surface area contributed by atoms with Crippen LogP contribution in [-0.4, -0.2) is 42.7 Å². The lowest BCUT2D eigenvalue weighted by atomic mass is 10.1. The standard InChI is InChI=1S/C9H18N2O2/c1-3-10-9(13-2)11-6-4-8(12)5-7-11/h3,8-10,12H,1,4-7H2,2H3. The van der Waals surface area contributed by atoms with Crippen molar-refractivity contribution in [1.29, 1.82) is 0 Å². The molecular weight excluding hydrogens is 168 g/mol. The van der Waals surface area contributed by atoms with Crippen LogP contribution in [0, 0.1) is 0 Å². The molecule has 0 aromatic carbocycles. The van der Waals surface area contributed by atoms with Gasteiger partial charge in [0.25, 0.3) is 0 Å². The van der Waals surface area contributed by atoms with Crippen LogP contribution in [0.15, 0.2) is 12.8 Å². The van der Waals surface area contributed by atoms with E-state index in [1.54, 1.807) is 13.3 Å². The lowest BCUT2D eigenvalue weighted by Gasteiger charge is -2.34. The van der Waals surface area contributed by atoms with Crippen molar-refractivity contribution in [3.05, 3.63) is 12.8 Å². The van der Waals surface area contributed by atoms with Crippen molar-refractivity contribution >= 4 is 0 Å². The Bertz CT molecular complexity index is 156. The van der Waals surface area contributed by atoms with Gasteiger partial charge in [-0.05, 0) is 19.0 Å². The molecule has 1 fully saturated rings. The monoisotopic (exact) mass is 186 g/mol. The minimum Gasteiger partial charge on any atom is -0.393 e. The van der Waals surface area contributed by atoms with Crippen LogP contribution >= 0.6 is 0 Å². The highest BCUT2D eigenvalue weighted by Gasteiger charge is 2.22. The highest BCUT2D eigenvalue weighted by Crippen LogP contribution is 2.11. The Hall–Kier alpha value is -0.580. The van der Waals surface area contributed by atoms with Crippen molar-refractivity contribution < 1.29 is 9.84 Å². The fourth-order valence-corrected chi connectivity index (χ4v) is 1.54. The van der Waals surface area contributed by atoms with Gasteiger partial charge in [0.2, 0.25) is 0 Å². The van der Waals surface area contributed by atoms with Crippen molar-refractivity contribution in [2.45, 2.75) is 25.3 Å². The Kier molecular flexibility index (Phi) is 4.21. The number of aliphatic hydroxyl groups is 1. The summed E-state index contributed by atoms with van der Waals surface area (Å²) in [5, 5.41) is 12.3. The van der Waals surface area contributed by atoms with E-state index in [2.05, 4.69) is 16.8 Å². The van der Waals surface area contributed by atoms with Gasteiger partial charge in [-0.15, -0.1) is 0 Å². The predicted molar refractivity (Wildman–Crippen MR) is 50.9 cm³/mol. The predicted octanol–water partition coefficient (Wildman–Crippen LogP) is 0.106. The number of piperidine rings is 1. The fraction of sp³-hybridized carbons (Fsp3) is 0.778. The number of likely N-dealkylation sites (tertiary alicyclic amines) is 1. The molecule has 1 aliphatic rings. The molecule has 76 valence electrons. The van der Waals surface area contributed by atoms with Crippen LogP contribution < -0.4 is 5.32 Å². The fourth-order valence-electron chi connectivity index (χ4n) is 1.54. The van der Waals surface area contributed by atoms with Gasteiger partial charge in [0.15, 0.2) is 6.35 Å². The second-order valence-electron chi connectivity index (χ2n) is 3.23. The summed E-state index contributed by atoms with van der Waals surface area (Å²) in [6.45, 7) is 5.31. The first kappa shape index (κ1) is 10.5. The largest absolute Gasteiger partial charge is 0.393 e. The normalized spacial score (nSPS) is 22.6. The van der Waals surface area contributed by atoms with Crippen LogP contribution in [0.25, 0.3) is 0 Å². The van der Waals surface area contributed by atoms with E-state index < -0.39 is 0 Å². The molecule has 0 aromatic heterocycles. The van der Waals surface area contributed by atoms with Crippen molar-refractivity contribution in [3.63, 3.8) is 0 Å². The molecule has 1 rings (SSSR count). The molecule has 1 atom stereocenters. The molecule has 4 heteroatoms. The number of hydrogen-bond acceptors (Lipinski definition) is 4. The maximum atomic E-state index is 9.30. The molecule has 1 aliphatic heterocycles. The number of hydrogen-bond donors (Lipinski definition) is 2. The molecule has 0 aromatic rings. The Labute approximate surface area is 79.2 Å². The molecule has 1 unspecified atom stereocenters. The van der Waals surface area contributed by atoms with E-state index in [1.807, 2.05) is 0 Å². The summed E-state index contributed by atoms with van der Waals surface area (Å²) < 4.78 is 5.23. The molecule has 0 spiro atoms. The maximum absolute atomic E-state index is 9.30. The first-order valence-corrected chi connectivity index (χ1v) is 4.59. The highest BCUT2D eigenvalue weighted by molar-refractivity contribution is 4.75. The SMILES string of the molecule is C=CNC(OC)N1CCC(O)CC1. The van der Waals surface area contributed by atoms with Gasteiger partial charge in [0.05, 0.1) is 6.10 Å². The lowest BCUT2D eigenvalue weighted by Crippen LogP contribution is -2.49. The van der Waals surface area contributed by atoms with E-state index in [0.29, 0.717) is 0 Å². The number of methoxy groups -OCH3 is 1. The van der Waals surface area contributed by atoms with Crippen LogP contribution in [0.2, 0.25) is 0 Å². The van der Waals surface area contributed by atoms with Crippen LogP contribution in [0.5, 0.6) is 0 Å². The topological polar surface area (TPSA) is 44.7 Å². The Morgan fingerprint density at radius 3 is 2.69 bits per heavy atom. The van der Waals surface area contributed by atoms with Crippen molar-refractivity contribution in [2.75, 3.05) is 20.2 Å². The summed E-state index contributed by atoms with van der Waals surface area (Å²) in [5.74, 6) is 0. The van der Waals surface area contributed by atoms with Crippen LogP contribution in [0.1, 0.15) is 12.8 Å². The zero-order chi connectivity index (χ0) is 9.68. The minimum atomic E-state index is -0.141. The van der Waals surface area contributed by atoms with Crippen LogP contribution in [0.3, 0.4) is 0 Å². The molecule has 0 amide bonds. The number of aliphatic hydroxyl groups excluding tert-OH is 1. The van der Waals surface area contributed by atoms with Crippen LogP contribution in [-0.2, 0) is 4.74 Å². The third kappa shape index (κ3) is 2.99. The summed E-state index contributed by atoms with van der Waals surface area (Å²) in [6.07, 6.45) is 3.01. The third-order valence-electron chi connectivity index (χ3n) is 2.31. The average molecular weight is 186 g/mol. The second-order valence-corrected chi connectivity index (χ2v) is 3.23. The number of ether oxygens (including phenoxy) is 1. The molecule has 1 heterocycles. The molecule has 0 saturated carbocycles. The van der Waals surface area contributed by atoms with Crippen molar-refractivity contribution in [1.82, 2.24) is 10.2 Å². The molecule has 0 aliphatic carbocycles. The Balaban J connectivity index is 2.36. The Morgan fingerprint density at radius 1 is 1.62 bits per heavy atom. The smallest absolute Gasteiger partial charge is 0.185 e. The van der Waals surface area contributed by atoms with Gasteiger partial charge in [0, 0.05) is 20.2 Å². The van der Waals surface area contributed by atoms with Gasteiger partial charge in [-0.3, -0.25) is 4.90 Å². The molecule has 1 saturated heterocycles. The molecule has 13 heavy (non-hydrogen) atoms. The van der Waals surface area contributed by atoms with E-state index in [9.17, 15) is 5.11 Å². The summed E-state index contributed by atoms with van der Waals surface area (Å²) in [4.78, 5) is 2.15. The van der Waals surface area contributed by atoms with Gasteiger partial charge in [-0.2, -0.15) is 0 Å². The van der Waals surface area contributed by atoms with E-state index in [4.69, 9.17) is 4.74 Å². The molecule has 4 nitrogen and oxygen atoms in total. The highest BCUT2D eigenvalue weighted by atomic mass is 16.5. The summed E-state index contributed by atoms with van der Waals surface area (Å²) in [7, 11) is 1.66. The zero-order valence-corrected chi connectivity index (χ0v) is 8.07. The number of nitrogens with one attached hydrogen (secondary N) is 1. The first-order chi connectivity index (χ1) is 6.27.